The minimum atomic E-state index is -0.660. The second-order valence-corrected chi connectivity index (χ2v) is 9.26. The van der Waals surface area contributed by atoms with Crippen LogP contribution in [0.2, 0.25) is 0 Å². The SMILES string of the molecule is Cn1nc(C2CCC(=O)NC2=O)c2ccc(C3CCN(C4CC(C(=O)O)C4)CC3)cc21. The molecular formula is C23H28N4O4. The van der Waals surface area contributed by atoms with Crippen LogP contribution in [-0.4, -0.2) is 56.7 Å². The van der Waals surface area contributed by atoms with Gasteiger partial charge in [-0.15, -0.1) is 0 Å². The molecule has 1 aromatic carbocycles. The molecular weight excluding hydrogens is 396 g/mol. The number of aryl methyl sites for hydroxylation is 1. The van der Waals surface area contributed by atoms with E-state index in [1.165, 1.54) is 5.56 Å². The van der Waals surface area contributed by atoms with E-state index in [1.54, 1.807) is 0 Å². The van der Waals surface area contributed by atoms with Gasteiger partial charge >= 0.3 is 5.97 Å². The number of carboxylic acids is 1. The van der Waals surface area contributed by atoms with Crippen molar-refractivity contribution >= 4 is 28.7 Å². The van der Waals surface area contributed by atoms with Gasteiger partial charge in [-0.2, -0.15) is 5.10 Å². The number of hydrogen-bond donors (Lipinski definition) is 2. The Labute approximate surface area is 180 Å². The maximum Gasteiger partial charge on any atom is 0.306 e. The van der Waals surface area contributed by atoms with Crippen molar-refractivity contribution in [2.24, 2.45) is 13.0 Å². The van der Waals surface area contributed by atoms with E-state index in [4.69, 9.17) is 5.11 Å². The highest BCUT2D eigenvalue weighted by molar-refractivity contribution is 6.02. The van der Waals surface area contributed by atoms with Gasteiger partial charge < -0.3 is 10.0 Å². The highest BCUT2D eigenvalue weighted by Gasteiger charge is 2.39. The minimum absolute atomic E-state index is 0.159. The van der Waals surface area contributed by atoms with Gasteiger partial charge in [0.15, 0.2) is 0 Å². The molecule has 5 rings (SSSR count). The van der Waals surface area contributed by atoms with Gasteiger partial charge in [0.2, 0.25) is 11.8 Å². The summed E-state index contributed by atoms with van der Waals surface area (Å²) in [7, 11) is 1.90. The molecule has 164 valence electrons. The third-order valence-corrected chi connectivity index (χ3v) is 7.45. The Kier molecular flexibility index (Phi) is 5.04. The molecule has 2 amide bonds. The van der Waals surface area contributed by atoms with Gasteiger partial charge in [0.05, 0.1) is 23.0 Å². The summed E-state index contributed by atoms with van der Waals surface area (Å²) in [5.41, 5.74) is 3.06. The van der Waals surface area contributed by atoms with Crippen molar-refractivity contribution in [3.05, 3.63) is 29.5 Å². The molecule has 3 fully saturated rings. The predicted octanol–water partition coefficient (Wildman–Crippen LogP) is 2.14. The normalized spacial score (nSPS) is 27.8. The molecule has 3 aliphatic rings. The topological polar surface area (TPSA) is 105 Å². The van der Waals surface area contributed by atoms with Crippen molar-refractivity contribution < 1.29 is 19.5 Å². The van der Waals surface area contributed by atoms with E-state index in [2.05, 4.69) is 33.5 Å². The van der Waals surface area contributed by atoms with E-state index in [0.29, 0.717) is 24.8 Å². The molecule has 1 atom stereocenters. The van der Waals surface area contributed by atoms with Gasteiger partial charge in [-0.1, -0.05) is 12.1 Å². The number of fused-ring (bicyclic) bond motifs is 1. The Hall–Kier alpha value is -2.74. The lowest BCUT2D eigenvalue weighted by molar-refractivity contribution is -0.147. The zero-order valence-electron chi connectivity index (χ0n) is 17.7. The fourth-order valence-corrected chi connectivity index (χ4v) is 5.45. The van der Waals surface area contributed by atoms with Crippen LogP contribution in [0.25, 0.3) is 10.9 Å². The zero-order chi connectivity index (χ0) is 21.7. The third-order valence-electron chi connectivity index (χ3n) is 7.45. The number of rotatable bonds is 4. The van der Waals surface area contributed by atoms with Crippen molar-refractivity contribution in [1.82, 2.24) is 20.0 Å². The first kappa shape index (κ1) is 20.2. The summed E-state index contributed by atoms with van der Waals surface area (Å²) in [5.74, 6) is -1.19. The van der Waals surface area contributed by atoms with E-state index < -0.39 is 5.97 Å². The molecule has 0 radical (unpaired) electrons. The number of benzene rings is 1. The van der Waals surface area contributed by atoms with Gasteiger partial charge in [0.25, 0.3) is 0 Å². The van der Waals surface area contributed by atoms with Crippen LogP contribution in [0.5, 0.6) is 0 Å². The summed E-state index contributed by atoms with van der Waals surface area (Å²) in [6, 6.07) is 6.86. The van der Waals surface area contributed by atoms with E-state index >= 15 is 0 Å². The molecule has 3 heterocycles. The van der Waals surface area contributed by atoms with Crippen molar-refractivity contribution in [2.45, 2.75) is 56.4 Å². The second kappa shape index (κ2) is 7.75. The van der Waals surface area contributed by atoms with Crippen molar-refractivity contribution in [1.29, 1.82) is 0 Å². The number of piperidine rings is 2. The van der Waals surface area contributed by atoms with Crippen LogP contribution in [0, 0.1) is 5.92 Å². The molecule has 31 heavy (non-hydrogen) atoms. The van der Waals surface area contributed by atoms with Crippen molar-refractivity contribution in [2.75, 3.05) is 13.1 Å². The molecule has 2 N–H and O–H groups in total. The standard InChI is InChI=1S/C23H28N4O4/c1-26-19-12-14(13-6-8-27(9-7-13)16-10-15(11-16)23(30)31)2-3-17(19)21(25-26)18-4-5-20(28)24-22(18)29/h2-3,12-13,15-16,18H,4-11H2,1H3,(H,30,31)(H,24,28,29). The number of aliphatic carboxylic acids is 1. The molecule has 1 aromatic heterocycles. The number of carbonyl (C=O) groups is 3. The van der Waals surface area contributed by atoms with E-state index in [9.17, 15) is 14.4 Å². The highest BCUT2D eigenvalue weighted by atomic mass is 16.4. The van der Waals surface area contributed by atoms with Crippen LogP contribution < -0.4 is 5.32 Å². The number of likely N-dealkylation sites (tertiary alicyclic amines) is 1. The maximum atomic E-state index is 12.3. The molecule has 2 aliphatic heterocycles. The number of amides is 2. The largest absolute Gasteiger partial charge is 0.481 e. The summed E-state index contributed by atoms with van der Waals surface area (Å²) in [6.07, 6.45) is 4.55. The van der Waals surface area contributed by atoms with Crippen LogP contribution in [-0.2, 0) is 21.4 Å². The Morgan fingerprint density at radius 1 is 1.16 bits per heavy atom. The lowest BCUT2D eigenvalue weighted by Crippen LogP contribution is -2.49. The second-order valence-electron chi connectivity index (χ2n) is 9.26. The molecule has 1 aliphatic carbocycles. The van der Waals surface area contributed by atoms with Crippen LogP contribution in [0.15, 0.2) is 18.2 Å². The summed E-state index contributed by atoms with van der Waals surface area (Å²) >= 11 is 0. The van der Waals surface area contributed by atoms with Gasteiger partial charge in [-0.3, -0.25) is 24.4 Å². The summed E-state index contributed by atoms with van der Waals surface area (Å²) in [4.78, 5) is 37.3. The smallest absolute Gasteiger partial charge is 0.306 e. The Morgan fingerprint density at radius 2 is 1.90 bits per heavy atom. The average Bonchev–Trinajstić information content (AvgIpc) is 3.03. The van der Waals surface area contributed by atoms with Gasteiger partial charge in [0.1, 0.15) is 0 Å². The summed E-state index contributed by atoms with van der Waals surface area (Å²) in [5, 5.41) is 17.1. The van der Waals surface area contributed by atoms with Gasteiger partial charge in [0, 0.05) is 24.9 Å². The van der Waals surface area contributed by atoms with E-state index in [-0.39, 0.29) is 23.7 Å². The average molecular weight is 425 g/mol. The molecule has 1 unspecified atom stereocenters. The molecule has 2 aromatic rings. The number of imide groups is 1. The van der Waals surface area contributed by atoms with Gasteiger partial charge in [-0.05, 0) is 62.7 Å². The predicted molar refractivity (Wildman–Crippen MR) is 114 cm³/mol. The Morgan fingerprint density at radius 3 is 2.58 bits per heavy atom. The quantitative estimate of drug-likeness (QED) is 0.729. The number of carboxylic acid groups (broad SMARTS) is 1. The summed E-state index contributed by atoms with van der Waals surface area (Å²) < 4.78 is 1.84. The van der Waals surface area contributed by atoms with Crippen molar-refractivity contribution in [3.63, 3.8) is 0 Å². The number of aromatic nitrogens is 2. The fraction of sp³-hybridized carbons (Fsp3) is 0.565. The van der Waals surface area contributed by atoms with Crippen molar-refractivity contribution in [3.8, 4) is 0 Å². The first-order valence-corrected chi connectivity index (χ1v) is 11.2. The number of carbonyl (C=O) groups excluding carboxylic acids is 2. The molecule has 1 saturated carbocycles. The lowest BCUT2D eigenvalue weighted by atomic mass is 9.78. The molecule has 2 saturated heterocycles. The van der Waals surface area contributed by atoms with Gasteiger partial charge in [-0.25, -0.2) is 0 Å². The van der Waals surface area contributed by atoms with Crippen LogP contribution in [0.4, 0.5) is 0 Å². The lowest BCUT2D eigenvalue weighted by Gasteiger charge is -2.44. The fourth-order valence-electron chi connectivity index (χ4n) is 5.45. The number of nitrogens with one attached hydrogen (secondary N) is 1. The number of hydrogen-bond acceptors (Lipinski definition) is 5. The maximum absolute atomic E-state index is 12.3. The third kappa shape index (κ3) is 3.63. The first-order valence-electron chi connectivity index (χ1n) is 11.2. The Bertz CT molecular complexity index is 1050. The monoisotopic (exact) mass is 424 g/mol. The zero-order valence-corrected chi connectivity index (χ0v) is 17.7. The van der Waals surface area contributed by atoms with Crippen LogP contribution in [0.3, 0.4) is 0 Å². The first-order chi connectivity index (χ1) is 14.9. The highest BCUT2D eigenvalue weighted by Crippen LogP contribution is 2.38. The van der Waals surface area contributed by atoms with Crippen LogP contribution in [0.1, 0.15) is 61.6 Å². The molecule has 0 spiro atoms. The van der Waals surface area contributed by atoms with E-state index in [0.717, 1.165) is 55.4 Å². The number of nitrogens with zero attached hydrogens (tertiary/aromatic N) is 3. The molecule has 8 nitrogen and oxygen atoms in total. The van der Waals surface area contributed by atoms with E-state index in [1.807, 2.05) is 11.7 Å². The summed E-state index contributed by atoms with van der Waals surface area (Å²) in [6.45, 7) is 2.01. The van der Waals surface area contributed by atoms with Crippen LogP contribution >= 0.6 is 0 Å². The molecule has 8 heteroatoms. The Balaban J connectivity index is 1.29. The minimum Gasteiger partial charge on any atom is -0.481 e. The molecule has 0 bridgehead atoms.